The van der Waals surface area contributed by atoms with Crippen molar-refractivity contribution in [3.63, 3.8) is 0 Å². The van der Waals surface area contributed by atoms with Crippen LogP contribution in [-0.4, -0.2) is 110 Å². The lowest BCUT2D eigenvalue weighted by Gasteiger charge is -2.36. The van der Waals surface area contributed by atoms with Gasteiger partial charge in [0.05, 0.1) is 0 Å². The number of hydrogen-bond donors (Lipinski definition) is 0. The molecule has 2 saturated heterocycles. The SMILES string of the molecule is CN1CCN(C)P1N(C)CCN(C)P1N(C)CCN1C. The second kappa shape index (κ2) is 7.26. The van der Waals surface area contributed by atoms with Crippen LogP contribution in [0.4, 0.5) is 0 Å². The standard InChI is InChI=1S/C12H30N6P2/c1-13-7-8-14(2)19(13)17(5)11-12-18(6)20-15(3)9-10-16(20)4/h7-12H2,1-6H3. The lowest BCUT2D eigenvalue weighted by atomic mass is 10.6. The fourth-order valence-electron chi connectivity index (χ4n) is 2.97. The van der Waals surface area contributed by atoms with Crippen molar-refractivity contribution in [3.8, 4) is 0 Å². The van der Waals surface area contributed by atoms with E-state index in [1.54, 1.807) is 0 Å². The third-order valence-electron chi connectivity index (χ3n) is 4.07. The molecule has 0 radical (unpaired) electrons. The summed E-state index contributed by atoms with van der Waals surface area (Å²) in [5.74, 6) is 0. The van der Waals surface area contributed by atoms with Crippen LogP contribution in [0.25, 0.3) is 0 Å². The fourth-order valence-corrected chi connectivity index (χ4v) is 7.71. The van der Waals surface area contributed by atoms with E-state index >= 15 is 0 Å². The summed E-state index contributed by atoms with van der Waals surface area (Å²) in [5.41, 5.74) is 0. The number of hydrogen-bond acceptors (Lipinski definition) is 6. The van der Waals surface area contributed by atoms with E-state index in [4.69, 9.17) is 0 Å². The molecule has 0 N–H and O–H groups in total. The van der Waals surface area contributed by atoms with E-state index < -0.39 is 0 Å². The lowest BCUT2D eigenvalue weighted by Crippen LogP contribution is -2.33. The lowest BCUT2D eigenvalue weighted by molar-refractivity contribution is 0.404. The van der Waals surface area contributed by atoms with E-state index in [1.807, 2.05) is 0 Å². The summed E-state index contributed by atoms with van der Waals surface area (Å²) in [7, 11) is 13.1. The van der Waals surface area contributed by atoms with Crippen molar-refractivity contribution in [1.82, 2.24) is 28.0 Å². The maximum atomic E-state index is 2.53. The molecule has 0 aromatic rings. The minimum atomic E-state index is -0.240. The Morgan fingerprint density at radius 1 is 0.650 bits per heavy atom. The maximum absolute atomic E-state index is 2.53. The van der Waals surface area contributed by atoms with E-state index in [2.05, 4.69) is 70.3 Å². The van der Waals surface area contributed by atoms with Crippen LogP contribution in [0.3, 0.4) is 0 Å². The van der Waals surface area contributed by atoms with Gasteiger partial charge in [-0.25, -0.2) is 0 Å². The molecule has 0 atom stereocenters. The van der Waals surface area contributed by atoms with Gasteiger partial charge in [-0.05, 0) is 42.3 Å². The number of rotatable bonds is 5. The molecule has 2 aliphatic heterocycles. The van der Waals surface area contributed by atoms with E-state index in [-0.39, 0.29) is 16.7 Å². The average Bonchev–Trinajstić information content (AvgIpc) is 2.89. The Hall–Kier alpha value is 0.620. The van der Waals surface area contributed by atoms with E-state index in [0.717, 1.165) is 13.1 Å². The van der Waals surface area contributed by atoms with Gasteiger partial charge in [0.1, 0.15) is 16.7 Å². The minimum Gasteiger partial charge on any atom is -0.259 e. The van der Waals surface area contributed by atoms with Gasteiger partial charge in [-0.3, -0.25) is 28.0 Å². The average molecular weight is 320 g/mol. The third-order valence-corrected chi connectivity index (χ3v) is 8.94. The van der Waals surface area contributed by atoms with Crippen LogP contribution in [0, 0.1) is 0 Å². The Morgan fingerprint density at radius 2 is 0.900 bits per heavy atom. The highest BCUT2D eigenvalue weighted by Crippen LogP contribution is 2.50. The monoisotopic (exact) mass is 320 g/mol. The van der Waals surface area contributed by atoms with Crippen molar-refractivity contribution in [1.29, 1.82) is 0 Å². The van der Waals surface area contributed by atoms with Gasteiger partial charge in [0.25, 0.3) is 0 Å². The van der Waals surface area contributed by atoms with Crippen LogP contribution in [0.2, 0.25) is 0 Å². The zero-order valence-electron chi connectivity index (χ0n) is 13.8. The minimum absolute atomic E-state index is 0.240. The summed E-state index contributed by atoms with van der Waals surface area (Å²) in [6.07, 6.45) is 0. The Morgan fingerprint density at radius 3 is 1.15 bits per heavy atom. The van der Waals surface area contributed by atoms with Gasteiger partial charge in [0, 0.05) is 39.3 Å². The van der Waals surface area contributed by atoms with Crippen molar-refractivity contribution < 1.29 is 0 Å². The topological polar surface area (TPSA) is 19.4 Å². The molecule has 6 nitrogen and oxygen atoms in total. The quantitative estimate of drug-likeness (QED) is 0.701. The molecule has 2 fully saturated rings. The molecule has 20 heavy (non-hydrogen) atoms. The van der Waals surface area contributed by atoms with Crippen molar-refractivity contribution in [2.45, 2.75) is 0 Å². The molecule has 2 rings (SSSR count). The molecule has 0 unspecified atom stereocenters. The summed E-state index contributed by atoms with van der Waals surface area (Å²) in [6, 6.07) is 0. The van der Waals surface area contributed by atoms with E-state index in [9.17, 15) is 0 Å². The van der Waals surface area contributed by atoms with Crippen molar-refractivity contribution in [2.75, 3.05) is 81.6 Å². The molecule has 0 aromatic heterocycles. The predicted molar refractivity (Wildman–Crippen MR) is 89.6 cm³/mol. The highest BCUT2D eigenvalue weighted by molar-refractivity contribution is 7.50. The maximum Gasteiger partial charge on any atom is 0.119 e. The van der Waals surface area contributed by atoms with Gasteiger partial charge < -0.3 is 0 Å². The first-order valence-electron chi connectivity index (χ1n) is 7.28. The van der Waals surface area contributed by atoms with Gasteiger partial charge >= 0.3 is 0 Å². The molecule has 0 saturated carbocycles. The molecule has 0 spiro atoms. The number of likely N-dealkylation sites (N-methyl/N-ethyl adjacent to an activating group) is 6. The molecular weight excluding hydrogens is 290 g/mol. The smallest absolute Gasteiger partial charge is 0.119 e. The second-order valence-corrected chi connectivity index (χ2v) is 11.0. The van der Waals surface area contributed by atoms with Gasteiger partial charge in [-0.2, -0.15) is 0 Å². The van der Waals surface area contributed by atoms with Crippen LogP contribution in [0.1, 0.15) is 0 Å². The summed E-state index contributed by atoms with van der Waals surface area (Å²) in [4.78, 5) is 0. The zero-order valence-corrected chi connectivity index (χ0v) is 15.6. The summed E-state index contributed by atoms with van der Waals surface area (Å²) in [6.45, 7) is 7.05. The summed E-state index contributed by atoms with van der Waals surface area (Å²) in [5, 5.41) is 0. The van der Waals surface area contributed by atoms with E-state index in [1.165, 1.54) is 26.2 Å². The Bertz CT molecular complexity index is 270. The van der Waals surface area contributed by atoms with Crippen molar-refractivity contribution in [3.05, 3.63) is 0 Å². The highest BCUT2D eigenvalue weighted by Gasteiger charge is 2.33. The van der Waals surface area contributed by atoms with E-state index in [0.29, 0.717) is 0 Å². The number of nitrogens with zero attached hydrogens (tertiary/aromatic N) is 6. The highest BCUT2D eigenvalue weighted by atomic mass is 31.2. The largest absolute Gasteiger partial charge is 0.259 e. The van der Waals surface area contributed by atoms with Gasteiger partial charge in [-0.15, -0.1) is 0 Å². The predicted octanol–water partition coefficient (Wildman–Crippen LogP) is 1.06. The molecule has 2 aliphatic rings. The Labute approximate surface area is 127 Å². The zero-order chi connectivity index (χ0) is 14.9. The molecule has 8 heteroatoms. The third kappa shape index (κ3) is 3.68. The first-order chi connectivity index (χ1) is 9.41. The van der Waals surface area contributed by atoms with Gasteiger partial charge in [0.2, 0.25) is 0 Å². The molecule has 0 bridgehead atoms. The Balaban J connectivity index is 1.82. The van der Waals surface area contributed by atoms with Crippen molar-refractivity contribution in [2.24, 2.45) is 0 Å². The van der Waals surface area contributed by atoms with Crippen LogP contribution in [0.15, 0.2) is 0 Å². The first-order valence-corrected chi connectivity index (χ1v) is 9.68. The van der Waals surface area contributed by atoms with Crippen LogP contribution in [-0.2, 0) is 0 Å². The van der Waals surface area contributed by atoms with Crippen LogP contribution >= 0.6 is 16.7 Å². The normalized spacial score (nSPS) is 25.8. The van der Waals surface area contributed by atoms with Gasteiger partial charge in [0.15, 0.2) is 0 Å². The molecule has 2 heterocycles. The summed E-state index contributed by atoms with van der Waals surface area (Å²) >= 11 is 0. The Kier molecular flexibility index (Phi) is 6.16. The molecule has 0 amide bonds. The molecule has 0 aromatic carbocycles. The van der Waals surface area contributed by atoms with Gasteiger partial charge in [-0.1, -0.05) is 0 Å². The summed E-state index contributed by atoms with van der Waals surface area (Å²) < 4.78 is 15.0. The first kappa shape index (κ1) is 17.0. The van der Waals surface area contributed by atoms with Crippen LogP contribution in [0.5, 0.6) is 0 Å². The molecular formula is C12H30N6P2. The fraction of sp³-hybridized carbons (Fsp3) is 1.00. The van der Waals surface area contributed by atoms with Crippen molar-refractivity contribution >= 4 is 16.7 Å². The molecule has 0 aliphatic carbocycles. The molecule has 118 valence electrons. The second-order valence-electron chi connectivity index (χ2n) is 5.82. The van der Waals surface area contributed by atoms with Crippen LogP contribution < -0.4 is 0 Å².